The lowest BCUT2D eigenvalue weighted by Crippen LogP contribution is -2.43. The van der Waals surface area contributed by atoms with Gasteiger partial charge in [0.05, 0.1) is 23.6 Å². The van der Waals surface area contributed by atoms with E-state index in [2.05, 4.69) is 21.0 Å². The lowest BCUT2D eigenvalue weighted by Gasteiger charge is -2.32. The molecule has 0 bridgehead atoms. The Hall–Kier alpha value is -0.950. The molecular weight excluding hydrogens is 284 g/mol. The molecule has 3 rings (SSSR count). The Bertz CT molecular complexity index is 516. The standard InChI is InChI=1S/C12H15ClN4OS/c13-12-2-1-11(19-12)7-16-3-4-18-10(5-16)6-17-9-14-8-15-17/h1-2,8-10H,3-7H2/t10-/m0/s1. The van der Waals surface area contributed by atoms with Gasteiger partial charge in [0.1, 0.15) is 12.7 Å². The molecule has 5 nitrogen and oxygen atoms in total. The van der Waals surface area contributed by atoms with Gasteiger partial charge in [0.15, 0.2) is 0 Å². The quantitative estimate of drug-likeness (QED) is 0.864. The Morgan fingerprint density at radius 3 is 3.16 bits per heavy atom. The average Bonchev–Trinajstić information content (AvgIpc) is 3.02. The summed E-state index contributed by atoms with van der Waals surface area (Å²) in [5.74, 6) is 0. The van der Waals surface area contributed by atoms with Crippen LogP contribution in [-0.4, -0.2) is 45.5 Å². The lowest BCUT2D eigenvalue weighted by atomic mass is 10.2. The second kappa shape index (κ2) is 6.00. The summed E-state index contributed by atoms with van der Waals surface area (Å²) in [5.41, 5.74) is 0. The summed E-state index contributed by atoms with van der Waals surface area (Å²) in [6.45, 7) is 4.33. The van der Waals surface area contributed by atoms with E-state index in [9.17, 15) is 0 Å². The Labute approximate surface area is 120 Å². The van der Waals surface area contributed by atoms with Crippen molar-refractivity contribution in [2.75, 3.05) is 19.7 Å². The van der Waals surface area contributed by atoms with Crippen molar-refractivity contribution < 1.29 is 4.74 Å². The van der Waals surface area contributed by atoms with E-state index in [-0.39, 0.29) is 6.10 Å². The number of rotatable bonds is 4. The van der Waals surface area contributed by atoms with Crippen molar-refractivity contribution in [1.29, 1.82) is 0 Å². The molecule has 0 amide bonds. The molecule has 0 radical (unpaired) electrons. The van der Waals surface area contributed by atoms with Gasteiger partial charge in [-0.2, -0.15) is 5.10 Å². The summed E-state index contributed by atoms with van der Waals surface area (Å²) < 4.78 is 8.44. The molecule has 102 valence electrons. The van der Waals surface area contributed by atoms with E-state index in [4.69, 9.17) is 16.3 Å². The van der Waals surface area contributed by atoms with Gasteiger partial charge in [-0.25, -0.2) is 4.98 Å². The van der Waals surface area contributed by atoms with Crippen molar-refractivity contribution in [1.82, 2.24) is 19.7 Å². The van der Waals surface area contributed by atoms with Crippen LogP contribution in [0.5, 0.6) is 0 Å². The van der Waals surface area contributed by atoms with E-state index in [0.29, 0.717) is 0 Å². The molecule has 1 fully saturated rings. The Morgan fingerprint density at radius 2 is 2.42 bits per heavy atom. The zero-order chi connectivity index (χ0) is 13.1. The number of halogens is 1. The first-order chi connectivity index (χ1) is 9.29. The molecule has 2 aromatic heterocycles. The smallest absolute Gasteiger partial charge is 0.137 e. The van der Waals surface area contributed by atoms with E-state index in [1.54, 1.807) is 24.0 Å². The molecule has 0 spiro atoms. The normalized spacial score (nSPS) is 20.8. The third-order valence-corrected chi connectivity index (χ3v) is 4.30. The number of nitrogens with zero attached hydrogens (tertiary/aromatic N) is 4. The predicted octanol–water partition coefficient (Wildman–Crippen LogP) is 1.89. The topological polar surface area (TPSA) is 43.2 Å². The van der Waals surface area contributed by atoms with Gasteiger partial charge in [-0.15, -0.1) is 11.3 Å². The first-order valence-corrected chi connectivity index (χ1v) is 7.39. The second-order valence-electron chi connectivity index (χ2n) is 4.55. The highest BCUT2D eigenvalue weighted by Crippen LogP contribution is 2.23. The van der Waals surface area contributed by atoms with Gasteiger partial charge in [-0.3, -0.25) is 9.58 Å². The van der Waals surface area contributed by atoms with Crippen LogP contribution in [0, 0.1) is 0 Å². The van der Waals surface area contributed by atoms with E-state index in [1.807, 2.05) is 10.7 Å². The van der Waals surface area contributed by atoms with Crippen LogP contribution in [0.1, 0.15) is 4.88 Å². The van der Waals surface area contributed by atoms with Gasteiger partial charge >= 0.3 is 0 Å². The third kappa shape index (κ3) is 3.54. The second-order valence-corrected chi connectivity index (χ2v) is 6.35. The summed E-state index contributed by atoms with van der Waals surface area (Å²) in [6.07, 6.45) is 3.45. The minimum atomic E-state index is 0.172. The first-order valence-electron chi connectivity index (χ1n) is 6.20. The van der Waals surface area contributed by atoms with Crippen molar-refractivity contribution in [2.24, 2.45) is 0 Å². The van der Waals surface area contributed by atoms with Gasteiger partial charge in [-0.1, -0.05) is 11.6 Å². The summed E-state index contributed by atoms with van der Waals surface area (Å²) in [6, 6.07) is 4.05. The minimum absolute atomic E-state index is 0.172. The SMILES string of the molecule is Clc1ccc(CN2CCO[C@H](Cn3cncn3)C2)s1. The van der Waals surface area contributed by atoms with Crippen molar-refractivity contribution in [3.05, 3.63) is 34.0 Å². The largest absolute Gasteiger partial charge is 0.374 e. The van der Waals surface area contributed by atoms with E-state index in [0.717, 1.165) is 37.1 Å². The molecule has 1 aliphatic rings. The molecule has 0 saturated carbocycles. The van der Waals surface area contributed by atoms with Crippen molar-refractivity contribution >= 4 is 22.9 Å². The highest BCUT2D eigenvalue weighted by Gasteiger charge is 2.21. The van der Waals surface area contributed by atoms with E-state index >= 15 is 0 Å². The maximum Gasteiger partial charge on any atom is 0.137 e. The number of hydrogen-bond acceptors (Lipinski definition) is 5. The van der Waals surface area contributed by atoms with Gasteiger partial charge in [0.2, 0.25) is 0 Å². The Balaban J connectivity index is 1.55. The van der Waals surface area contributed by atoms with Crippen molar-refractivity contribution in [3.63, 3.8) is 0 Å². The van der Waals surface area contributed by atoms with E-state index in [1.165, 1.54) is 4.88 Å². The zero-order valence-corrected chi connectivity index (χ0v) is 12.0. The number of thiophene rings is 1. The van der Waals surface area contributed by atoms with Crippen LogP contribution in [0.4, 0.5) is 0 Å². The highest BCUT2D eigenvalue weighted by atomic mass is 35.5. The molecule has 0 N–H and O–H groups in total. The molecule has 0 aromatic carbocycles. The molecule has 1 aliphatic heterocycles. The monoisotopic (exact) mass is 298 g/mol. The van der Waals surface area contributed by atoms with Gasteiger partial charge in [0.25, 0.3) is 0 Å². The van der Waals surface area contributed by atoms with Gasteiger partial charge in [0, 0.05) is 24.5 Å². The number of hydrogen-bond donors (Lipinski definition) is 0. The fourth-order valence-corrected chi connectivity index (χ4v) is 3.36. The number of morpholine rings is 1. The first kappa shape index (κ1) is 13.1. The van der Waals surface area contributed by atoms with Gasteiger partial charge < -0.3 is 4.74 Å². The fraction of sp³-hybridized carbons (Fsp3) is 0.500. The molecule has 7 heteroatoms. The van der Waals surface area contributed by atoms with Crippen LogP contribution in [0.25, 0.3) is 0 Å². The van der Waals surface area contributed by atoms with Crippen LogP contribution in [0.15, 0.2) is 24.8 Å². The van der Waals surface area contributed by atoms with Crippen LogP contribution in [0.2, 0.25) is 4.34 Å². The fourth-order valence-electron chi connectivity index (χ4n) is 2.23. The van der Waals surface area contributed by atoms with Gasteiger partial charge in [-0.05, 0) is 12.1 Å². The molecule has 0 unspecified atom stereocenters. The molecule has 1 saturated heterocycles. The van der Waals surface area contributed by atoms with Crippen LogP contribution in [-0.2, 0) is 17.8 Å². The Morgan fingerprint density at radius 1 is 1.47 bits per heavy atom. The predicted molar refractivity (Wildman–Crippen MR) is 74.4 cm³/mol. The highest BCUT2D eigenvalue weighted by molar-refractivity contribution is 7.16. The summed E-state index contributed by atoms with van der Waals surface area (Å²) in [4.78, 5) is 7.64. The number of ether oxygens (including phenoxy) is 1. The van der Waals surface area contributed by atoms with Crippen LogP contribution >= 0.6 is 22.9 Å². The summed E-state index contributed by atoms with van der Waals surface area (Å²) >= 11 is 7.60. The molecule has 19 heavy (non-hydrogen) atoms. The minimum Gasteiger partial charge on any atom is -0.374 e. The summed E-state index contributed by atoms with van der Waals surface area (Å²) in [7, 11) is 0. The maximum atomic E-state index is 5.96. The third-order valence-electron chi connectivity index (χ3n) is 3.09. The van der Waals surface area contributed by atoms with E-state index < -0.39 is 0 Å². The van der Waals surface area contributed by atoms with Crippen LogP contribution in [0.3, 0.4) is 0 Å². The molecular formula is C12H15ClN4OS. The average molecular weight is 299 g/mol. The molecule has 0 aliphatic carbocycles. The molecule has 1 atom stereocenters. The zero-order valence-electron chi connectivity index (χ0n) is 10.4. The lowest BCUT2D eigenvalue weighted by molar-refractivity contribution is -0.0399. The molecule has 3 heterocycles. The number of aromatic nitrogens is 3. The Kier molecular flexibility index (Phi) is 4.12. The summed E-state index contributed by atoms with van der Waals surface area (Å²) in [5, 5.41) is 4.11. The van der Waals surface area contributed by atoms with Crippen LogP contribution < -0.4 is 0 Å². The molecule has 2 aromatic rings. The van der Waals surface area contributed by atoms with Crippen molar-refractivity contribution in [3.8, 4) is 0 Å². The van der Waals surface area contributed by atoms with Crippen molar-refractivity contribution in [2.45, 2.75) is 19.2 Å². The maximum absolute atomic E-state index is 5.96.